The van der Waals surface area contributed by atoms with Gasteiger partial charge in [0, 0.05) is 6.54 Å². The average molecular weight is 209 g/mol. The molecule has 15 heavy (non-hydrogen) atoms. The average Bonchev–Trinajstić information content (AvgIpc) is 2.26. The summed E-state index contributed by atoms with van der Waals surface area (Å²) >= 11 is 0. The van der Waals surface area contributed by atoms with Gasteiger partial charge in [-0.3, -0.25) is 4.79 Å². The fourth-order valence-corrected chi connectivity index (χ4v) is 1.72. The van der Waals surface area contributed by atoms with Crippen molar-refractivity contribution in [2.75, 3.05) is 26.7 Å². The van der Waals surface area contributed by atoms with Crippen molar-refractivity contribution in [3.05, 3.63) is 0 Å². The van der Waals surface area contributed by atoms with Crippen LogP contribution in [0.2, 0.25) is 0 Å². The van der Waals surface area contributed by atoms with Crippen molar-refractivity contribution < 1.29 is 4.79 Å². The van der Waals surface area contributed by atoms with E-state index in [1.54, 1.807) is 6.92 Å². The van der Waals surface area contributed by atoms with Crippen LogP contribution in [0.3, 0.4) is 0 Å². The number of rotatable bonds is 3. The molecule has 1 fully saturated rings. The number of carbonyl (C=O) groups is 1. The van der Waals surface area contributed by atoms with Crippen LogP contribution in [0, 0.1) is 23.2 Å². The van der Waals surface area contributed by atoms with E-state index in [4.69, 9.17) is 5.26 Å². The molecule has 1 saturated heterocycles. The van der Waals surface area contributed by atoms with Gasteiger partial charge in [0.15, 0.2) is 0 Å². The maximum Gasteiger partial charge on any atom is 0.237 e. The van der Waals surface area contributed by atoms with Crippen molar-refractivity contribution in [2.45, 2.75) is 19.8 Å². The zero-order chi connectivity index (χ0) is 11.3. The quantitative estimate of drug-likeness (QED) is 0.740. The van der Waals surface area contributed by atoms with Gasteiger partial charge in [-0.15, -0.1) is 0 Å². The van der Waals surface area contributed by atoms with E-state index in [-0.39, 0.29) is 5.91 Å². The third-order valence-electron chi connectivity index (χ3n) is 2.99. The molecule has 1 heterocycles. The van der Waals surface area contributed by atoms with Crippen LogP contribution >= 0.6 is 0 Å². The summed E-state index contributed by atoms with van der Waals surface area (Å²) in [5.41, 5.74) is 0. The summed E-state index contributed by atoms with van der Waals surface area (Å²) in [5, 5.41) is 11.4. The maximum atomic E-state index is 11.3. The van der Waals surface area contributed by atoms with Crippen molar-refractivity contribution in [1.29, 1.82) is 5.26 Å². The van der Waals surface area contributed by atoms with Gasteiger partial charge in [0.25, 0.3) is 0 Å². The normalized spacial score (nSPS) is 20.6. The molecule has 1 N–H and O–H groups in total. The summed E-state index contributed by atoms with van der Waals surface area (Å²) in [6.07, 6.45) is 2.27. The number of amides is 1. The monoisotopic (exact) mass is 209 g/mol. The van der Waals surface area contributed by atoms with Crippen molar-refractivity contribution in [2.24, 2.45) is 11.8 Å². The Morgan fingerprint density at radius 1 is 1.60 bits per heavy atom. The van der Waals surface area contributed by atoms with Crippen LogP contribution < -0.4 is 5.32 Å². The van der Waals surface area contributed by atoms with Crippen LogP contribution in [0.25, 0.3) is 0 Å². The summed E-state index contributed by atoms with van der Waals surface area (Å²) in [7, 11) is 2.12. The Kier molecular flexibility index (Phi) is 4.57. The van der Waals surface area contributed by atoms with Gasteiger partial charge in [0.1, 0.15) is 5.92 Å². The molecule has 0 saturated carbocycles. The van der Waals surface area contributed by atoms with Gasteiger partial charge in [-0.05, 0) is 45.8 Å². The van der Waals surface area contributed by atoms with E-state index < -0.39 is 5.92 Å². The Bertz CT molecular complexity index is 251. The molecule has 0 aromatic carbocycles. The molecule has 84 valence electrons. The van der Waals surface area contributed by atoms with E-state index in [0.717, 1.165) is 32.5 Å². The lowest BCUT2D eigenvalue weighted by molar-refractivity contribution is -0.123. The summed E-state index contributed by atoms with van der Waals surface area (Å²) in [4.78, 5) is 13.6. The highest BCUT2D eigenvalue weighted by Crippen LogP contribution is 2.14. The lowest BCUT2D eigenvalue weighted by Crippen LogP contribution is -2.38. The van der Waals surface area contributed by atoms with E-state index in [1.165, 1.54) is 0 Å². The summed E-state index contributed by atoms with van der Waals surface area (Å²) in [6, 6.07) is 1.94. The minimum atomic E-state index is -0.531. The molecule has 1 aliphatic heterocycles. The number of hydrogen-bond donors (Lipinski definition) is 1. The largest absolute Gasteiger partial charge is 0.355 e. The first-order chi connectivity index (χ1) is 7.13. The first kappa shape index (κ1) is 12.0. The zero-order valence-corrected chi connectivity index (χ0v) is 9.49. The Hall–Kier alpha value is -1.08. The molecule has 0 aromatic rings. The minimum absolute atomic E-state index is 0.142. The van der Waals surface area contributed by atoms with Gasteiger partial charge in [0.2, 0.25) is 5.91 Å². The Balaban J connectivity index is 2.21. The molecule has 0 spiro atoms. The lowest BCUT2D eigenvalue weighted by atomic mass is 9.97. The van der Waals surface area contributed by atoms with Crippen LogP contribution in [0.4, 0.5) is 0 Å². The predicted octanol–water partition coefficient (Wildman–Crippen LogP) is 0.604. The molecule has 1 unspecified atom stereocenters. The van der Waals surface area contributed by atoms with Gasteiger partial charge >= 0.3 is 0 Å². The third kappa shape index (κ3) is 3.88. The second-order valence-corrected chi connectivity index (χ2v) is 4.34. The summed E-state index contributed by atoms with van der Waals surface area (Å²) in [5.74, 6) is -0.0938. The van der Waals surface area contributed by atoms with E-state index >= 15 is 0 Å². The smallest absolute Gasteiger partial charge is 0.237 e. The number of nitrogens with one attached hydrogen (secondary N) is 1. The number of nitriles is 1. The third-order valence-corrected chi connectivity index (χ3v) is 2.99. The lowest BCUT2D eigenvalue weighted by Gasteiger charge is -2.29. The highest BCUT2D eigenvalue weighted by Gasteiger charge is 2.18. The van der Waals surface area contributed by atoms with Gasteiger partial charge in [-0.1, -0.05) is 0 Å². The van der Waals surface area contributed by atoms with Gasteiger partial charge in [-0.25, -0.2) is 0 Å². The molecule has 4 nitrogen and oxygen atoms in total. The Morgan fingerprint density at radius 2 is 2.20 bits per heavy atom. The molecule has 0 radical (unpaired) electrons. The maximum absolute atomic E-state index is 11.3. The number of carbonyl (C=O) groups excluding carboxylic acids is 1. The Morgan fingerprint density at radius 3 is 2.73 bits per heavy atom. The molecular formula is C11H19N3O. The first-order valence-corrected chi connectivity index (χ1v) is 5.49. The number of hydrogen-bond acceptors (Lipinski definition) is 3. The molecule has 1 atom stereocenters. The van der Waals surface area contributed by atoms with Crippen LogP contribution in [-0.4, -0.2) is 37.5 Å². The van der Waals surface area contributed by atoms with E-state index in [2.05, 4.69) is 17.3 Å². The topological polar surface area (TPSA) is 56.1 Å². The molecule has 1 aliphatic rings. The summed E-state index contributed by atoms with van der Waals surface area (Å²) < 4.78 is 0. The van der Waals surface area contributed by atoms with Crippen molar-refractivity contribution in [3.8, 4) is 6.07 Å². The first-order valence-electron chi connectivity index (χ1n) is 5.49. The van der Waals surface area contributed by atoms with Crippen LogP contribution in [-0.2, 0) is 4.79 Å². The van der Waals surface area contributed by atoms with Crippen LogP contribution in [0.1, 0.15) is 19.8 Å². The highest BCUT2D eigenvalue weighted by molar-refractivity contribution is 5.80. The van der Waals surface area contributed by atoms with E-state index in [1.807, 2.05) is 6.07 Å². The van der Waals surface area contributed by atoms with E-state index in [0.29, 0.717) is 5.92 Å². The van der Waals surface area contributed by atoms with Gasteiger partial charge in [-0.2, -0.15) is 5.26 Å². The van der Waals surface area contributed by atoms with Gasteiger partial charge in [0.05, 0.1) is 6.07 Å². The Labute approximate surface area is 91.2 Å². The molecular weight excluding hydrogens is 190 g/mol. The standard InChI is InChI=1S/C11H19N3O/c1-9(7-12)11(15)13-8-10-3-5-14(2)6-4-10/h9-10H,3-6,8H2,1-2H3,(H,13,15). The second-order valence-electron chi connectivity index (χ2n) is 4.34. The van der Waals surface area contributed by atoms with Crippen LogP contribution in [0.15, 0.2) is 0 Å². The molecule has 0 bridgehead atoms. The van der Waals surface area contributed by atoms with Gasteiger partial charge < -0.3 is 10.2 Å². The minimum Gasteiger partial charge on any atom is -0.355 e. The summed E-state index contributed by atoms with van der Waals surface area (Å²) in [6.45, 7) is 4.56. The fraction of sp³-hybridized carbons (Fsp3) is 0.818. The molecule has 1 amide bonds. The fourth-order valence-electron chi connectivity index (χ4n) is 1.72. The molecule has 0 aliphatic carbocycles. The van der Waals surface area contributed by atoms with Crippen molar-refractivity contribution in [1.82, 2.24) is 10.2 Å². The molecule has 0 aromatic heterocycles. The molecule has 4 heteroatoms. The highest BCUT2D eigenvalue weighted by atomic mass is 16.1. The number of nitrogens with zero attached hydrogens (tertiary/aromatic N) is 2. The van der Waals surface area contributed by atoms with Crippen LogP contribution in [0.5, 0.6) is 0 Å². The zero-order valence-electron chi connectivity index (χ0n) is 9.49. The second kappa shape index (κ2) is 5.72. The molecule has 1 rings (SSSR count). The SMILES string of the molecule is CC(C#N)C(=O)NCC1CCN(C)CC1. The number of piperidine rings is 1. The predicted molar refractivity (Wildman–Crippen MR) is 58.0 cm³/mol. The van der Waals surface area contributed by atoms with E-state index in [9.17, 15) is 4.79 Å². The van der Waals surface area contributed by atoms with Crippen molar-refractivity contribution >= 4 is 5.91 Å². The number of likely N-dealkylation sites (tertiary alicyclic amines) is 1. The van der Waals surface area contributed by atoms with Crippen molar-refractivity contribution in [3.63, 3.8) is 0 Å².